The number of carbonyl (C=O) groups is 1. The van der Waals surface area contributed by atoms with Gasteiger partial charge in [0.1, 0.15) is 18.1 Å². The van der Waals surface area contributed by atoms with Crippen LogP contribution in [0.1, 0.15) is 41.5 Å². The van der Waals surface area contributed by atoms with Crippen molar-refractivity contribution in [3.05, 3.63) is 24.3 Å². The highest BCUT2D eigenvalue weighted by molar-refractivity contribution is 6.74. The predicted octanol–water partition coefficient (Wildman–Crippen LogP) is 6.09. The Morgan fingerprint density at radius 2 is 1.43 bits per heavy atom. The van der Waals surface area contributed by atoms with Gasteiger partial charge in [0, 0.05) is 5.69 Å². The molecule has 0 aliphatic rings. The molecule has 0 fully saturated rings. The van der Waals surface area contributed by atoms with Gasteiger partial charge in [-0.3, -0.25) is 0 Å². The Kier molecular flexibility index (Phi) is 8.94. The van der Waals surface area contributed by atoms with Crippen LogP contribution in [0.4, 0.5) is 5.69 Å². The zero-order valence-corrected chi connectivity index (χ0v) is 22.9. The Bertz CT molecular complexity index is 676. The number of methoxy groups -OCH3 is 1. The molecule has 5 nitrogen and oxygen atoms in total. The van der Waals surface area contributed by atoms with Crippen LogP contribution in [0, 0.1) is 0 Å². The quantitative estimate of drug-likeness (QED) is 0.343. The topological polar surface area (TPSA) is 56.8 Å². The Morgan fingerprint density at radius 3 is 1.83 bits per heavy atom. The number of hydrogen-bond donors (Lipinski definition) is 1. The predicted molar refractivity (Wildman–Crippen MR) is 132 cm³/mol. The van der Waals surface area contributed by atoms with Crippen molar-refractivity contribution in [3.63, 3.8) is 0 Å². The molecule has 0 bridgehead atoms. The second kappa shape index (κ2) is 9.98. The molecule has 0 amide bonds. The van der Waals surface area contributed by atoms with E-state index in [-0.39, 0.29) is 16.1 Å². The minimum Gasteiger partial charge on any atom is -0.497 e. The van der Waals surface area contributed by atoms with Crippen LogP contribution in [0.15, 0.2) is 24.3 Å². The molecule has 0 spiro atoms. The third-order valence-corrected chi connectivity index (χ3v) is 15.6. The van der Waals surface area contributed by atoms with E-state index >= 15 is 0 Å². The molecule has 0 aliphatic carbocycles. The van der Waals surface area contributed by atoms with Gasteiger partial charge in [-0.2, -0.15) is 0 Å². The lowest BCUT2D eigenvalue weighted by molar-refractivity contribution is -0.115. The van der Waals surface area contributed by atoms with Crippen LogP contribution < -0.4 is 10.1 Å². The normalized spacial score (nSPS) is 15.4. The van der Waals surface area contributed by atoms with E-state index in [1.807, 2.05) is 24.3 Å². The standard InChI is InChI=1S/C23H43NO4Si2/c1-22(2,3)29(8,9)27-17-20(24-18-12-14-19(26-7)15-13-18)21(16-25)28-30(10,11)23(4,5)6/h12-16,20-21,24H,17H2,1-11H3/t20-,21-/m1/s1. The molecule has 30 heavy (non-hydrogen) atoms. The highest BCUT2D eigenvalue weighted by Gasteiger charge is 2.42. The minimum absolute atomic E-state index is 0.0131. The zero-order valence-electron chi connectivity index (χ0n) is 20.9. The maximum Gasteiger partial charge on any atom is 0.193 e. The van der Waals surface area contributed by atoms with Gasteiger partial charge in [0.2, 0.25) is 0 Å². The van der Waals surface area contributed by atoms with Crippen molar-refractivity contribution in [2.75, 3.05) is 19.0 Å². The zero-order chi connectivity index (χ0) is 23.4. The molecule has 0 saturated heterocycles. The van der Waals surface area contributed by atoms with Gasteiger partial charge in [0.05, 0.1) is 19.8 Å². The summed E-state index contributed by atoms with van der Waals surface area (Å²) in [6, 6.07) is 7.43. The van der Waals surface area contributed by atoms with E-state index in [4.69, 9.17) is 13.6 Å². The molecule has 1 aromatic carbocycles. The van der Waals surface area contributed by atoms with Gasteiger partial charge in [-0.15, -0.1) is 0 Å². The van der Waals surface area contributed by atoms with Crippen LogP contribution in [0.3, 0.4) is 0 Å². The molecule has 0 heterocycles. The van der Waals surface area contributed by atoms with Gasteiger partial charge in [-0.05, 0) is 60.5 Å². The molecular formula is C23H43NO4Si2. The lowest BCUT2D eigenvalue weighted by Gasteiger charge is -2.41. The van der Waals surface area contributed by atoms with Crippen molar-refractivity contribution in [3.8, 4) is 5.75 Å². The highest BCUT2D eigenvalue weighted by atomic mass is 28.4. The molecule has 0 saturated carbocycles. The van der Waals surface area contributed by atoms with Crippen molar-refractivity contribution < 1.29 is 18.4 Å². The third-order valence-electron chi connectivity index (χ3n) is 6.64. The first-order valence-electron chi connectivity index (χ1n) is 10.7. The number of carbonyl (C=O) groups excluding carboxylic acids is 1. The number of benzene rings is 1. The second-order valence-corrected chi connectivity index (χ2v) is 20.6. The first kappa shape index (κ1) is 26.9. The average molecular weight is 454 g/mol. The number of nitrogens with one attached hydrogen (secondary N) is 1. The largest absolute Gasteiger partial charge is 0.497 e. The van der Waals surface area contributed by atoms with Gasteiger partial charge in [-0.25, -0.2) is 0 Å². The van der Waals surface area contributed by atoms with E-state index < -0.39 is 22.7 Å². The summed E-state index contributed by atoms with van der Waals surface area (Å²) in [7, 11) is -2.46. The Balaban J connectivity index is 3.14. The fraction of sp³-hybridized carbons (Fsp3) is 0.696. The van der Waals surface area contributed by atoms with Crippen molar-refractivity contribution in [2.45, 2.75) is 90.0 Å². The first-order chi connectivity index (χ1) is 13.5. The summed E-state index contributed by atoms with van der Waals surface area (Å²) in [5.41, 5.74) is 0.908. The number of rotatable bonds is 10. The lowest BCUT2D eigenvalue weighted by atomic mass is 10.1. The minimum atomic E-state index is -2.13. The van der Waals surface area contributed by atoms with Crippen LogP contribution in [0.5, 0.6) is 5.75 Å². The summed E-state index contributed by atoms with van der Waals surface area (Å²) < 4.78 is 18.2. The molecule has 7 heteroatoms. The van der Waals surface area contributed by atoms with Crippen molar-refractivity contribution in [1.29, 1.82) is 0 Å². The van der Waals surface area contributed by atoms with Gasteiger partial charge in [0.25, 0.3) is 0 Å². The van der Waals surface area contributed by atoms with E-state index in [0.717, 1.165) is 17.7 Å². The summed E-state index contributed by atoms with van der Waals surface area (Å²) in [4.78, 5) is 12.2. The van der Waals surface area contributed by atoms with Crippen LogP contribution in [-0.2, 0) is 13.6 Å². The summed E-state index contributed by atoms with van der Waals surface area (Å²) in [5, 5.41) is 3.59. The smallest absolute Gasteiger partial charge is 0.193 e. The van der Waals surface area contributed by atoms with E-state index in [1.54, 1.807) is 7.11 Å². The first-order valence-corrected chi connectivity index (χ1v) is 16.5. The monoisotopic (exact) mass is 453 g/mol. The number of ether oxygens (including phenoxy) is 1. The summed E-state index contributed by atoms with van der Waals surface area (Å²) in [6.45, 7) is 22.4. The fourth-order valence-corrected chi connectivity index (χ4v) is 4.64. The number of anilines is 1. The van der Waals surface area contributed by atoms with Crippen LogP contribution in [0.2, 0.25) is 36.3 Å². The SMILES string of the molecule is COc1ccc(N[C@H](CO[Si](C)(C)C(C)(C)C)[C@@H](C=O)O[Si](C)(C)C(C)(C)C)cc1. The molecule has 1 N–H and O–H groups in total. The van der Waals surface area contributed by atoms with Crippen LogP contribution in [-0.4, -0.2) is 48.8 Å². The van der Waals surface area contributed by atoms with Gasteiger partial charge in [0.15, 0.2) is 16.6 Å². The maximum absolute atomic E-state index is 12.2. The Morgan fingerprint density at radius 1 is 0.933 bits per heavy atom. The average Bonchev–Trinajstić information content (AvgIpc) is 2.62. The van der Waals surface area contributed by atoms with Crippen LogP contribution in [0.25, 0.3) is 0 Å². The van der Waals surface area contributed by atoms with E-state index in [9.17, 15) is 4.79 Å². The molecule has 0 aromatic heterocycles. The molecule has 0 radical (unpaired) electrons. The van der Waals surface area contributed by atoms with Crippen molar-refractivity contribution >= 4 is 28.6 Å². The summed E-state index contributed by atoms with van der Waals surface area (Å²) in [6.07, 6.45) is 0.342. The number of aldehydes is 1. The molecule has 172 valence electrons. The maximum atomic E-state index is 12.2. The number of hydrogen-bond acceptors (Lipinski definition) is 5. The lowest BCUT2D eigenvalue weighted by Crippen LogP contribution is -2.52. The molecule has 0 aliphatic heterocycles. The van der Waals surface area contributed by atoms with Gasteiger partial charge < -0.3 is 23.7 Å². The summed E-state index contributed by atoms with van der Waals surface area (Å²) in [5.74, 6) is 0.791. The Labute approximate surface area is 186 Å². The van der Waals surface area contributed by atoms with Gasteiger partial charge >= 0.3 is 0 Å². The highest BCUT2D eigenvalue weighted by Crippen LogP contribution is 2.39. The van der Waals surface area contributed by atoms with Gasteiger partial charge in [-0.1, -0.05) is 41.5 Å². The molecule has 0 unspecified atom stereocenters. The molecular weight excluding hydrogens is 410 g/mol. The van der Waals surface area contributed by atoms with E-state index in [0.29, 0.717) is 6.61 Å². The fourth-order valence-electron chi connectivity index (χ4n) is 2.36. The van der Waals surface area contributed by atoms with E-state index in [1.165, 1.54) is 0 Å². The second-order valence-electron chi connectivity index (χ2n) is 11.0. The van der Waals surface area contributed by atoms with Crippen molar-refractivity contribution in [1.82, 2.24) is 0 Å². The molecule has 1 aromatic rings. The Hall–Kier alpha value is -1.16. The molecule has 1 rings (SSSR count). The third kappa shape index (κ3) is 7.22. The van der Waals surface area contributed by atoms with Crippen molar-refractivity contribution in [2.24, 2.45) is 0 Å². The van der Waals surface area contributed by atoms with E-state index in [2.05, 4.69) is 73.0 Å². The molecule has 2 atom stereocenters. The van der Waals surface area contributed by atoms with Crippen LogP contribution >= 0.6 is 0 Å². The summed E-state index contributed by atoms with van der Waals surface area (Å²) >= 11 is 0.